The third-order valence-electron chi connectivity index (χ3n) is 6.72. The molecule has 35 heavy (non-hydrogen) atoms. The first-order chi connectivity index (χ1) is 17.2. The van der Waals surface area contributed by atoms with Gasteiger partial charge in [-0.05, 0) is 24.5 Å². The molecule has 0 bridgehead atoms. The number of thiophene rings is 1. The van der Waals surface area contributed by atoms with E-state index < -0.39 is 0 Å². The predicted octanol–water partition coefficient (Wildman–Crippen LogP) is 2.93. The van der Waals surface area contributed by atoms with Crippen molar-refractivity contribution >= 4 is 49.9 Å². The molecule has 182 valence electrons. The number of nitrogens with zero attached hydrogens (tertiary/aromatic N) is 5. The smallest absolute Gasteiger partial charge is 0.248 e. The van der Waals surface area contributed by atoms with Crippen molar-refractivity contribution in [3.05, 3.63) is 35.1 Å². The van der Waals surface area contributed by atoms with E-state index in [1.807, 2.05) is 17.0 Å². The van der Waals surface area contributed by atoms with Crippen LogP contribution in [0.15, 0.2) is 24.7 Å². The number of ether oxygens (including phenoxy) is 2. The van der Waals surface area contributed by atoms with Gasteiger partial charge in [0.25, 0.3) is 0 Å². The summed E-state index contributed by atoms with van der Waals surface area (Å²) in [5.74, 6) is 1.62. The fraction of sp³-hybridized carbons (Fsp3) is 0.417. The molecular weight excluding hydrogens is 466 g/mol. The highest BCUT2D eigenvalue weighted by Crippen LogP contribution is 2.39. The van der Waals surface area contributed by atoms with Crippen LogP contribution in [0.3, 0.4) is 0 Å². The molecular formula is C24H27N7O3S. The van der Waals surface area contributed by atoms with Crippen molar-refractivity contribution in [3.8, 4) is 5.75 Å². The van der Waals surface area contributed by atoms with Crippen molar-refractivity contribution in [1.82, 2.24) is 30.0 Å². The van der Waals surface area contributed by atoms with E-state index in [1.165, 1.54) is 10.4 Å². The zero-order valence-corrected chi connectivity index (χ0v) is 20.4. The Morgan fingerprint density at radius 1 is 1.26 bits per heavy atom. The second-order valence-corrected chi connectivity index (χ2v) is 9.94. The van der Waals surface area contributed by atoms with Gasteiger partial charge in [0, 0.05) is 49.1 Å². The molecule has 2 N–H and O–H groups in total. The van der Waals surface area contributed by atoms with Crippen LogP contribution < -0.4 is 10.1 Å². The standard InChI is InChI=1S/C24H27N7O3S/c1-33-19-10-17-15(11-27-29-17)9-18(19)28-23-22-16-3-6-30(12-20(16)35-24(22)26-14-25-23)4-2-5-31-7-8-34-13-21(31)32/h9-11,14H,2-8,12-13H2,1H3,(H,27,29)(H,25,26,28). The lowest BCUT2D eigenvalue weighted by Crippen LogP contribution is -2.43. The molecule has 11 heteroatoms. The monoisotopic (exact) mass is 493 g/mol. The maximum absolute atomic E-state index is 12.0. The molecule has 0 radical (unpaired) electrons. The van der Waals surface area contributed by atoms with Gasteiger partial charge in [-0.3, -0.25) is 14.8 Å². The van der Waals surface area contributed by atoms with Crippen LogP contribution in [-0.2, 0) is 22.5 Å². The number of benzene rings is 1. The SMILES string of the molecule is COc1cc2[nH]ncc2cc1Nc1ncnc2sc3c(c12)CCN(CCCN1CCOCC1=O)C3. The lowest BCUT2D eigenvalue weighted by molar-refractivity contribution is -0.142. The highest BCUT2D eigenvalue weighted by Gasteiger charge is 2.25. The molecule has 5 heterocycles. The molecule has 0 atom stereocenters. The Bertz CT molecular complexity index is 1380. The third kappa shape index (κ3) is 4.30. The van der Waals surface area contributed by atoms with E-state index in [0.29, 0.717) is 13.2 Å². The molecule has 0 spiro atoms. The van der Waals surface area contributed by atoms with Gasteiger partial charge >= 0.3 is 0 Å². The Morgan fingerprint density at radius 2 is 2.20 bits per heavy atom. The van der Waals surface area contributed by atoms with E-state index in [1.54, 1.807) is 31.0 Å². The third-order valence-corrected chi connectivity index (χ3v) is 7.84. The minimum absolute atomic E-state index is 0.101. The summed E-state index contributed by atoms with van der Waals surface area (Å²) in [4.78, 5) is 27.9. The van der Waals surface area contributed by atoms with E-state index in [0.717, 1.165) is 77.4 Å². The van der Waals surface area contributed by atoms with Crippen LogP contribution in [-0.4, -0.2) is 82.4 Å². The first-order valence-corrected chi connectivity index (χ1v) is 12.6. The van der Waals surface area contributed by atoms with Crippen molar-refractivity contribution in [2.45, 2.75) is 19.4 Å². The predicted molar refractivity (Wildman–Crippen MR) is 134 cm³/mol. The van der Waals surface area contributed by atoms with Crippen LogP contribution in [0, 0.1) is 0 Å². The van der Waals surface area contributed by atoms with Crippen molar-refractivity contribution < 1.29 is 14.3 Å². The maximum Gasteiger partial charge on any atom is 0.248 e. The fourth-order valence-corrected chi connectivity index (χ4v) is 6.13. The highest BCUT2D eigenvalue weighted by atomic mass is 32.1. The van der Waals surface area contributed by atoms with Crippen molar-refractivity contribution in [2.75, 3.05) is 51.8 Å². The van der Waals surface area contributed by atoms with Gasteiger partial charge in [-0.15, -0.1) is 11.3 Å². The lowest BCUT2D eigenvalue weighted by atomic mass is 10.0. The zero-order chi connectivity index (χ0) is 23.8. The number of morpholine rings is 1. The number of carbonyl (C=O) groups excluding carboxylic acids is 1. The lowest BCUT2D eigenvalue weighted by Gasteiger charge is -2.30. The number of H-pyrrole nitrogens is 1. The number of aromatic amines is 1. The largest absolute Gasteiger partial charge is 0.494 e. The summed E-state index contributed by atoms with van der Waals surface area (Å²) >= 11 is 1.74. The van der Waals surface area contributed by atoms with Crippen molar-refractivity contribution in [1.29, 1.82) is 0 Å². The Kier molecular flexibility index (Phi) is 5.96. The highest BCUT2D eigenvalue weighted by molar-refractivity contribution is 7.19. The van der Waals surface area contributed by atoms with Crippen LogP contribution in [0.2, 0.25) is 0 Å². The summed E-state index contributed by atoms with van der Waals surface area (Å²) < 4.78 is 10.8. The average Bonchev–Trinajstić information content (AvgIpc) is 3.48. The zero-order valence-electron chi connectivity index (χ0n) is 19.5. The molecule has 2 aliphatic rings. The number of aromatic nitrogens is 4. The maximum atomic E-state index is 12.0. The van der Waals surface area contributed by atoms with Crippen LogP contribution in [0.4, 0.5) is 11.5 Å². The molecule has 1 saturated heterocycles. The van der Waals surface area contributed by atoms with E-state index >= 15 is 0 Å². The normalized spacial score (nSPS) is 16.7. The molecule has 0 aliphatic carbocycles. The molecule has 3 aromatic heterocycles. The molecule has 4 aromatic rings. The van der Waals surface area contributed by atoms with Crippen LogP contribution >= 0.6 is 11.3 Å². The van der Waals surface area contributed by atoms with Crippen molar-refractivity contribution in [3.63, 3.8) is 0 Å². The van der Waals surface area contributed by atoms with E-state index in [4.69, 9.17) is 9.47 Å². The van der Waals surface area contributed by atoms with E-state index in [2.05, 4.69) is 30.4 Å². The molecule has 1 aromatic carbocycles. The number of hydrogen-bond acceptors (Lipinski definition) is 9. The van der Waals surface area contributed by atoms with Gasteiger partial charge in [-0.2, -0.15) is 5.10 Å². The molecule has 1 amide bonds. The fourth-order valence-electron chi connectivity index (χ4n) is 4.90. The Morgan fingerprint density at radius 3 is 3.09 bits per heavy atom. The number of rotatable bonds is 7. The molecule has 2 aliphatic heterocycles. The summed E-state index contributed by atoms with van der Waals surface area (Å²) in [6.45, 7) is 5.20. The van der Waals surface area contributed by atoms with Gasteiger partial charge in [-0.25, -0.2) is 9.97 Å². The van der Waals surface area contributed by atoms with E-state index in [9.17, 15) is 4.79 Å². The van der Waals surface area contributed by atoms with Crippen molar-refractivity contribution in [2.24, 2.45) is 0 Å². The number of nitrogens with one attached hydrogen (secondary N) is 2. The second-order valence-electron chi connectivity index (χ2n) is 8.85. The summed E-state index contributed by atoms with van der Waals surface area (Å²) in [6.07, 6.45) is 5.33. The number of methoxy groups -OCH3 is 1. The summed E-state index contributed by atoms with van der Waals surface area (Å²) in [7, 11) is 1.66. The van der Waals surface area contributed by atoms with E-state index in [-0.39, 0.29) is 12.5 Å². The van der Waals surface area contributed by atoms with Gasteiger partial charge in [0.2, 0.25) is 5.91 Å². The average molecular weight is 494 g/mol. The van der Waals surface area contributed by atoms with Crippen LogP contribution in [0.1, 0.15) is 16.9 Å². The van der Waals surface area contributed by atoms with Crippen LogP contribution in [0.25, 0.3) is 21.1 Å². The molecule has 0 unspecified atom stereocenters. The molecule has 6 rings (SSSR count). The Balaban J connectivity index is 1.20. The number of hydrogen-bond donors (Lipinski definition) is 2. The van der Waals surface area contributed by atoms with Gasteiger partial charge in [0.15, 0.2) is 0 Å². The van der Waals surface area contributed by atoms with Crippen LogP contribution in [0.5, 0.6) is 5.75 Å². The van der Waals surface area contributed by atoms with Gasteiger partial charge in [0.05, 0.1) is 36.5 Å². The minimum Gasteiger partial charge on any atom is -0.494 e. The van der Waals surface area contributed by atoms with Gasteiger partial charge in [-0.1, -0.05) is 0 Å². The minimum atomic E-state index is 0.101. The Hall–Kier alpha value is -3.28. The Labute approximate surface area is 206 Å². The second kappa shape index (κ2) is 9.40. The van der Waals surface area contributed by atoms with Gasteiger partial charge < -0.3 is 19.7 Å². The molecule has 0 saturated carbocycles. The number of anilines is 2. The summed E-state index contributed by atoms with van der Waals surface area (Å²) in [6, 6.07) is 3.96. The first kappa shape index (κ1) is 22.2. The topological polar surface area (TPSA) is 108 Å². The van der Waals surface area contributed by atoms with Gasteiger partial charge in [0.1, 0.15) is 29.3 Å². The summed E-state index contributed by atoms with van der Waals surface area (Å²) in [5.41, 5.74) is 3.10. The summed E-state index contributed by atoms with van der Waals surface area (Å²) in [5, 5.41) is 12.7. The molecule has 1 fully saturated rings. The quantitative estimate of drug-likeness (QED) is 0.405. The first-order valence-electron chi connectivity index (χ1n) is 11.8. The number of fused-ring (bicyclic) bond motifs is 4. The number of amides is 1. The number of carbonyl (C=O) groups is 1. The molecule has 10 nitrogen and oxygen atoms in total.